The Hall–Kier alpha value is -6.79. The predicted octanol–water partition coefficient (Wildman–Crippen LogP) is 5.54. The maximum Gasteiger partial charge on any atom is 1.00 e. The fraction of sp³-hybridized carbons (Fsp3) is 0.308. The molecule has 3 aliphatic carbocycles. The molecule has 0 bridgehead atoms. The number of rotatable bonds is 14. The van der Waals surface area contributed by atoms with Crippen LogP contribution in [0.4, 0.5) is 5.69 Å². The molecule has 19 heteroatoms. The summed E-state index contributed by atoms with van der Waals surface area (Å²) >= 11 is 5.17. The molecule has 9 rings (SSSR count). The number of phenolic OH excluding ortho intramolecular Hbond substituents is 2. The maximum atomic E-state index is 12.3. The number of pyridine rings is 2. The number of aromatic hydroxyl groups is 2. The van der Waals surface area contributed by atoms with Gasteiger partial charge in [0.05, 0.1) is 36.6 Å². The van der Waals surface area contributed by atoms with Crippen LogP contribution in [0.2, 0.25) is 0 Å². The minimum Gasteiger partial charge on any atom is -0.549 e. The number of ketones is 3. The number of hydrogen-bond acceptors (Lipinski definition) is 16. The van der Waals surface area contributed by atoms with Crippen LogP contribution < -0.4 is 59.3 Å². The van der Waals surface area contributed by atoms with E-state index >= 15 is 0 Å². The third-order valence-electron chi connectivity index (χ3n) is 11.9. The molecular formula is C52H55ClN3NaO14. The molecule has 0 unspecified atom stereocenters. The van der Waals surface area contributed by atoms with E-state index in [-0.39, 0.29) is 79.7 Å². The number of nitrogens with two attached hydrogens (primary N) is 1. The molecule has 0 atom stereocenters. The third kappa shape index (κ3) is 13.5. The second-order valence-electron chi connectivity index (χ2n) is 16.4. The number of hydrogen-bond donors (Lipinski definition) is 4. The molecule has 370 valence electrons. The molecule has 17 nitrogen and oxygen atoms in total. The first-order chi connectivity index (χ1) is 32.3. The Bertz CT molecular complexity index is 2850. The van der Waals surface area contributed by atoms with E-state index in [2.05, 4.69) is 9.97 Å². The number of methoxy groups -OCH3 is 2. The number of phenols is 2. The first-order valence-electron chi connectivity index (χ1n) is 21.1. The predicted molar refractivity (Wildman–Crippen MR) is 259 cm³/mol. The fourth-order valence-electron chi connectivity index (χ4n) is 6.97. The number of carbonyl (C=O) groups excluding carboxylic acids is 5. The van der Waals surface area contributed by atoms with E-state index < -0.39 is 33.4 Å². The second kappa shape index (κ2) is 24.4. The molecule has 2 heterocycles. The van der Waals surface area contributed by atoms with Crippen LogP contribution >= 0.6 is 11.6 Å². The zero-order valence-electron chi connectivity index (χ0n) is 38.4. The Morgan fingerprint density at radius 1 is 0.634 bits per heavy atom. The van der Waals surface area contributed by atoms with E-state index in [0.29, 0.717) is 101 Å². The molecular weight excluding hydrogens is 949 g/mol. The summed E-state index contributed by atoms with van der Waals surface area (Å²) in [5, 5.41) is 40.2. The summed E-state index contributed by atoms with van der Waals surface area (Å²) in [6.45, 7) is 2.70. The fourth-order valence-corrected chi connectivity index (χ4v) is 7.29. The quantitative estimate of drug-likeness (QED) is 0.0451. The van der Waals surface area contributed by atoms with Gasteiger partial charge in [0.25, 0.3) is 0 Å². The summed E-state index contributed by atoms with van der Waals surface area (Å²) < 4.78 is 21.9. The molecule has 3 saturated carbocycles. The number of Topliss-reactive ketones (excluding diaryl/α,β-unsaturated/α-hetero) is 3. The molecule has 5 N–H and O–H groups in total. The zero-order valence-corrected chi connectivity index (χ0v) is 41.1. The van der Waals surface area contributed by atoms with Gasteiger partial charge in [-0.15, -0.1) is 0 Å². The molecule has 2 aromatic heterocycles. The van der Waals surface area contributed by atoms with Crippen LogP contribution in [-0.4, -0.2) is 74.0 Å². The number of benzene rings is 4. The monoisotopic (exact) mass is 1000 g/mol. The van der Waals surface area contributed by atoms with Crippen molar-refractivity contribution in [2.24, 2.45) is 16.2 Å². The number of carboxylic acid groups (broad SMARTS) is 2. The molecule has 0 spiro atoms. The van der Waals surface area contributed by atoms with E-state index in [1.165, 1.54) is 34.1 Å². The summed E-state index contributed by atoms with van der Waals surface area (Å²) in [4.78, 5) is 74.0. The Labute approximate surface area is 437 Å². The average Bonchev–Trinajstić information content (AvgIpc) is 4.16. The molecule has 0 saturated heterocycles. The van der Waals surface area contributed by atoms with Gasteiger partial charge in [0.1, 0.15) is 45.4 Å². The normalized spacial score (nSPS) is 14.3. The van der Waals surface area contributed by atoms with Crippen molar-refractivity contribution in [3.05, 3.63) is 103 Å². The minimum absolute atomic E-state index is 0. The van der Waals surface area contributed by atoms with Gasteiger partial charge < -0.3 is 49.9 Å². The molecule has 0 amide bonds. The van der Waals surface area contributed by atoms with Crippen LogP contribution in [0, 0.1) is 16.2 Å². The standard InChI is InChI=1S/C22H19NO6.C16H14N2O3.C6H7ClO2.C6H8O3.2CH4.Na/c1-28-19-12-16-15(11-17(19)24)18(6-9-23-16)29-14-4-2-13(3-5-14)10-20(25)22(7-8-22)21(26)27;1-20-16-9-13-12(8-14(16)19)15(6-7-18-13)21-11-4-2-10(17)3-5-11;1-4(8)6(2-3-6)5(7)9;1-4(7)6(2-3-6)5(8)9;;;/h2-6,9,11-12,24H,7-8,10H2,1H3,(H,26,27);2-9,19H,17H2,1H3;2-3H2,1H3;2-3H2,1H3,(H,8,9);2*1H4;/q;;;;;;+1/p-1. The average molecular weight is 1000 g/mol. The van der Waals surface area contributed by atoms with E-state index in [1.54, 1.807) is 91.3 Å². The molecule has 6 aromatic rings. The van der Waals surface area contributed by atoms with Crippen LogP contribution in [0.3, 0.4) is 0 Å². The van der Waals surface area contributed by atoms with Crippen molar-refractivity contribution in [3.8, 4) is 46.0 Å². The van der Waals surface area contributed by atoms with Crippen molar-refractivity contribution in [2.75, 3.05) is 20.0 Å². The van der Waals surface area contributed by atoms with Crippen LogP contribution in [0.15, 0.2) is 97.3 Å². The topological polar surface area (TPSA) is 275 Å². The Kier molecular flexibility index (Phi) is 20.1. The molecule has 3 fully saturated rings. The SMILES string of the molecule is C.C.CC(=O)C1(C(=O)Cl)CC1.CC(=O)C1(C(=O)[O-])CC1.COc1cc2nccc(Oc3ccc(CC(=O)C4(C(=O)O)CC4)cc3)c2cc1O.COc1cc2nccc(Oc3ccc(N)cc3)c2cc1O.[Na+]. The summed E-state index contributed by atoms with van der Waals surface area (Å²) in [5.41, 5.74) is 5.31. The summed E-state index contributed by atoms with van der Waals surface area (Å²) in [6, 6.07) is 23.9. The molecule has 0 radical (unpaired) electrons. The third-order valence-corrected chi connectivity index (χ3v) is 12.3. The Morgan fingerprint density at radius 3 is 1.32 bits per heavy atom. The van der Waals surface area contributed by atoms with Crippen molar-refractivity contribution >= 4 is 73.6 Å². The van der Waals surface area contributed by atoms with Gasteiger partial charge in [0.2, 0.25) is 5.24 Å². The number of aliphatic carboxylic acids is 2. The number of halogens is 1. The van der Waals surface area contributed by atoms with Crippen LogP contribution in [0.25, 0.3) is 21.8 Å². The maximum absolute atomic E-state index is 12.3. The number of ether oxygens (including phenoxy) is 4. The molecule has 4 aromatic carbocycles. The van der Waals surface area contributed by atoms with Crippen molar-refractivity contribution in [1.29, 1.82) is 0 Å². The first-order valence-corrected chi connectivity index (χ1v) is 21.5. The van der Waals surface area contributed by atoms with Gasteiger partial charge in [0.15, 0.2) is 28.8 Å². The summed E-state index contributed by atoms with van der Waals surface area (Å²) in [6.07, 6.45) is 6.36. The van der Waals surface area contributed by atoms with Crippen molar-refractivity contribution in [2.45, 2.75) is 73.6 Å². The van der Waals surface area contributed by atoms with E-state index in [4.69, 9.17) is 36.3 Å². The van der Waals surface area contributed by atoms with Crippen molar-refractivity contribution < 1.29 is 97.7 Å². The number of carbonyl (C=O) groups is 6. The van der Waals surface area contributed by atoms with Crippen LogP contribution in [-0.2, 0) is 35.2 Å². The summed E-state index contributed by atoms with van der Waals surface area (Å²) in [7, 11) is 2.96. The van der Waals surface area contributed by atoms with Crippen molar-refractivity contribution in [3.63, 3.8) is 0 Å². The zero-order chi connectivity index (χ0) is 49.6. The molecule has 0 aliphatic heterocycles. The van der Waals surface area contributed by atoms with E-state index in [1.807, 2.05) is 0 Å². The largest absolute Gasteiger partial charge is 1.00 e. The number of anilines is 1. The number of nitrogen functional groups attached to an aromatic ring is 1. The summed E-state index contributed by atoms with van der Waals surface area (Å²) in [5.74, 6) is 0.165. The van der Waals surface area contributed by atoms with E-state index in [0.717, 1.165) is 5.56 Å². The van der Waals surface area contributed by atoms with Gasteiger partial charge >= 0.3 is 35.5 Å². The Balaban J connectivity index is 0.000000276. The van der Waals surface area contributed by atoms with Gasteiger partial charge in [-0.2, -0.15) is 0 Å². The molecule has 3 aliphatic rings. The van der Waals surface area contributed by atoms with Gasteiger partial charge in [0, 0.05) is 47.4 Å². The Morgan fingerprint density at radius 2 is 1.03 bits per heavy atom. The van der Waals surface area contributed by atoms with Crippen LogP contribution in [0.5, 0.6) is 46.0 Å². The number of aromatic nitrogens is 2. The van der Waals surface area contributed by atoms with Gasteiger partial charge in [-0.25, -0.2) is 0 Å². The first kappa shape index (κ1) is 58.5. The minimum atomic E-state index is -1.21. The van der Waals surface area contributed by atoms with Crippen molar-refractivity contribution in [1.82, 2.24) is 9.97 Å². The van der Waals surface area contributed by atoms with Crippen LogP contribution in [0.1, 0.15) is 72.8 Å². The van der Waals surface area contributed by atoms with Gasteiger partial charge in [-0.1, -0.05) is 27.0 Å². The number of nitrogens with zero attached hydrogens (tertiary/aromatic N) is 2. The van der Waals surface area contributed by atoms with Gasteiger partial charge in [-0.05, 0) is 130 Å². The molecule has 71 heavy (non-hydrogen) atoms. The number of carboxylic acids is 2. The second-order valence-corrected chi connectivity index (χ2v) is 16.8. The van der Waals surface area contributed by atoms with E-state index in [9.17, 15) is 49.2 Å². The number of fused-ring (bicyclic) bond motifs is 2. The van der Waals surface area contributed by atoms with Gasteiger partial charge in [-0.3, -0.25) is 33.9 Å². The smallest absolute Gasteiger partial charge is 0.549 e.